The predicted octanol–water partition coefficient (Wildman–Crippen LogP) is 3.59. The molecule has 4 rings (SSSR count). The van der Waals surface area contributed by atoms with Gasteiger partial charge in [-0.2, -0.15) is 5.10 Å². The molecule has 150 valence electrons. The molecule has 0 radical (unpaired) electrons. The lowest BCUT2D eigenvalue weighted by Crippen LogP contribution is -2.39. The van der Waals surface area contributed by atoms with E-state index in [0.29, 0.717) is 36.1 Å². The molecular formula is C21H21FN4O3. The molecule has 3 heterocycles. The van der Waals surface area contributed by atoms with Crippen LogP contribution in [0.5, 0.6) is 0 Å². The molecule has 0 unspecified atom stereocenters. The van der Waals surface area contributed by atoms with Gasteiger partial charge in [-0.05, 0) is 62.2 Å². The Kier molecular flexibility index (Phi) is 5.53. The largest absolute Gasteiger partial charge is 0.381 e. The molecule has 1 amide bonds. The number of H-pyrrole nitrogens is 1. The smallest absolute Gasteiger partial charge is 0.269 e. The Balaban J connectivity index is 1.48. The third-order valence-corrected chi connectivity index (χ3v) is 4.85. The molecule has 0 bridgehead atoms. The number of amides is 1. The molecular weight excluding hydrogens is 375 g/mol. The summed E-state index contributed by atoms with van der Waals surface area (Å²) in [6.07, 6.45) is 5.21. The number of halogens is 1. The Morgan fingerprint density at radius 1 is 1.24 bits per heavy atom. The Hall–Kier alpha value is -3.26. The van der Waals surface area contributed by atoms with Gasteiger partial charge in [0.2, 0.25) is 0 Å². The SMILES string of the molecule is Cc1onc(-c2ccc(F)cc2)c1/C=C/c1cc(C(=O)NC2CCOCC2)[nH]n1. The second-order valence-corrected chi connectivity index (χ2v) is 6.91. The van der Waals surface area contributed by atoms with E-state index in [9.17, 15) is 9.18 Å². The highest BCUT2D eigenvalue weighted by atomic mass is 19.1. The van der Waals surface area contributed by atoms with Gasteiger partial charge in [0.05, 0.1) is 5.69 Å². The number of aromatic nitrogens is 3. The Morgan fingerprint density at radius 2 is 2.00 bits per heavy atom. The first-order valence-electron chi connectivity index (χ1n) is 9.44. The molecule has 7 nitrogen and oxygen atoms in total. The maximum Gasteiger partial charge on any atom is 0.269 e. The fraction of sp³-hybridized carbons (Fsp3) is 0.286. The van der Waals surface area contributed by atoms with E-state index in [1.165, 1.54) is 12.1 Å². The maximum atomic E-state index is 13.2. The van der Waals surface area contributed by atoms with E-state index in [2.05, 4.69) is 20.7 Å². The number of hydrogen-bond donors (Lipinski definition) is 2. The molecule has 29 heavy (non-hydrogen) atoms. The molecule has 0 saturated carbocycles. The molecule has 1 aliphatic rings. The summed E-state index contributed by atoms with van der Waals surface area (Å²) in [5.74, 6) is 0.139. The lowest BCUT2D eigenvalue weighted by atomic mass is 10.1. The van der Waals surface area contributed by atoms with Crippen molar-refractivity contribution in [3.8, 4) is 11.3 Å². The van der Waals surface area contributed by atoms with Gasteiger partial charge in [0, 0.05) is 30.4 Å². The minimum Gasteiger partial charge on any atom is -0.381 e. The summed E-state index contributed by atoms with van der Waals surface area (Å²) in [6, 6.07) is 7.87. The molecule has 1 aromatic carbocycles. The zero-order valence-electron chi connectivity index (χ0n) is 15.9. The monoisotopic (exact) mass is 396 g/mol. The summed E-state index contributed by atoms with van der Waals surface area (Å²) in [5, 5.41) is 14.0. The number of carbonyl (C=O) groups excluding carboxylic acids is 1. The van der Waals surface area contributed by atoms with Crippen molar-refractivity contribution in [1.29, 1.82) is 0 Å². The van der Waals surface area contributed by atoms with Crippen LogP contribution in [0.15, 0.2) is 34.9 Å². The quantitative estimate of drug-likeness (QED) is 0.687. The van der Waals surface area contributed by atoms with E-state index in [0.717, 1.165) is 24.0 Å². The highest BCUT2D eigenvalue weighted by Crippen LogP contribution is 2.27. The predicted molar refractivity (Wildman–Crippen MR) is 105 cm³/mol. The van der Waals surface area contributed by atoms with Gasteiger partial charge in [-0.15, -0.1) is 0 Å². The highest BCUT2D eigenvalue weighted by molar-refractivity contribution is 5.93. The Labute approximate surface area is 166 Å². The van der Waals surface area contributed by atoms with Crippen molar-refractivity contribution in [3.05, 3.63) is 58.9 Å². The van der Waals surface area contributed by atoms with Crippen molar-refractivity contribution in [2.24, 2.45) is 0 Å². The molecule has 8 heteroatoms. The first kappa shape index (κ1) is 19.1. The lowest BCUT2D eigenvalue weighted by molar-refractivity contribution is 0.0694. The minimum absolute atomic E-state index is 0.122. The van der Waals surface area contributed by atoms with Gasteiger partial charge >= 0.3 is 0 Å². The first-order valence-corrected chi connectivity index (χ1v) is 9.44. The van der Waals surface area contributed by atoms with E-state index in [-0.39, 0.29) is 17.8 Å². The van der Waals surface area contributed by atoms with Crippen molar-refractivity contribution < 1.29 is 18.4 Å². The van der Waals surface area contributed by atoms with Crippen molar-refractivity contribution in [2.75, 3.05) is 13.2 Å². The molecule has 0 aliphatic carbocycles. The molecule has 0 atom stereocenters. The van der Waals surface area contributed by atoms with Crippen molar-refractivity contribution in [3.63, 3.8) is 0 Å². The number of ether oxygens (including phenoxy) is 1. The average molecular weight is 396 g/mol. The van der Waals surface area contributed by atoms with Crippen molar-refractivity contribution >= 4 is 18.1 Å². The third kappa shape index (κ3) is 4.43. The summed E-state index contributed by atoms with van der Waals surface area (Å²) in [5.41, 5.74) is 3.14. The Bertz CT molecular complexity index is 1020. The van der Waals surface area contributed by atoms with E-state index in [1.807, 2.05) is 6.08 Å². The number of nitrogens with one attached hydrogen (secondary N) is 2. The minimum atomic E-state index is -0.311. The van der Waals surface area contributed by atoms with Crippen LogP contribution in [0.3, 0.4) is 0 Å². The number of aromatic amines is 1. The topological polar surface area (TPSA) is 93.0 Å². The number of carbonyl (C=O) groups is 1. The summed E-state index contributed by atoms with van der Waals surface area (Å²) in [6.45, 7) is 3.13. The second-order valence-electron chi connectivity index (χ2n) is 6.91. The fourth-order valence-electron chi connectivity index (χ4n) is 3.20. The maximum absolute atomic E-state index is 13.2. The zero-order chi connectivity index (χ0) is 20.2. The van der Waals surface area contributed by atoms with Crippen molar-refractivity contribution in [1.82, 2.24) is 20.7 Å². The standard InChI is InChI=1S/C21H21FN4O3/c1-13-18(20(26-29-13)14-2-4-15(22)5-3-14)7-6-17-12-19(25-24-17)21(27)23-16-8-10-28-11-9-16/h2-7,12,16H,8-11H2,1H3,(H,23,27)(H,24,25)/b7-6+. The van der Waals surface area contributed by atoms with Crippen LogP contribution in [0.4, 0.5) is 4.39 Å². The van der Waals surface area contributed by atoms with Crippen LogP contribution in [0.2, 0.25) is 0 Å². The number of nitrogens with zero attached hydrogens (tertiary/aromatic N) is 2. The van der Waals surface area contributed by atoms with Crippen LogP contribution in [0, 0.1) is 12.7 Å². The lowest BCUT2D eigenvalue weighted by Gasteiger charge is -2.22. The Morgan fingerprint density at radius 3 is 2.76 bits per heavy atom. The van der Waals surface area contributed by atoms with E-state index >= 15 is 0 Å². The number of aryl methyl sites for hydroxylation is 1. The van der Waals surface area contributed by atoms with Crippen LogP contribution in [-0.4, -0.2) is 40.5 Å². The summed E-state index contributed by atoms with van der Waals surface area (Å²) >= 11 is 0. The third-order valence-electron chi connectivity index (χ3n) is 4.85. The molecule has 1 aliphatic heterocycles. The van der Waals surface area contributed by atoms with Gasteiger partial charge < -0.3 is 14.6 Å². The van der Waals surface area contributed by atoms with Gasteiger partial charge in [-0.25, -0.2) is 4.39 Å². The van der Waals surface area contributed by atoms with Gasteiger partial charge in [0.1, 0.15) is 23.0 Å². The number of hydrogen-bond acceptors (Lipinski definition) is 5. The molecule has 2 aromatic heterocycles. The molecule has 2 N–H and O–H groups in total. The fourth-order valence-corrected chi connectivity index (χ4v) is 3.20. The van der Waals surface area contributed by atoms with Gasteiger partial charge in [-0.3, -0.25) is 9.89 Å². The highest BCUT2D eigenvalue weighted by Gasteiger charge is 2.18. The van der Waals surface area contributed by atoms with Gasteiger partial charge in [-0.1, -0.05) is 5.16 Å². The first-order chi connectivity index (χ1) is 14.1. The van der Waals surface area contributed by atoms with Gasteiger partial charge in [0.25, 0.3) is 5.91 Å². The van der Waals surface area contributed by atoms with E-state index in [4.69, 9.17) is 9.26 Å². The van der Waals surface area contributed by atoms with Crippen LogP contribution < -0.4 is 5.32 Å². The van der Waals surface area contributed by atoms with Crippen LogP contribution in [-0.2, 0) is 4.74 Å². The van der Waals surface area contributed by atoms with Gasteiger partial charge in [0.15, 0.2) is 0 Å². The van der Waals surface area contributed by atoms with Crippen LogP contribution >= 0.6 is 0 Å². The molecule has 3 aromatic rings. The molecule has 0 spiro atoms. The summed E-state index contributed by atoms with van der Waals surface area (Å²) < 4.78 is 23.8. The van der Waals surface area contributed by atoms with Crippen molar-refractivity contribution in [2.45, 2.75) is 25.8 Å². The summed E-state index contributed by atoms with van der Waals surface area (Å²) in [4.78, 5) is 12.4. The summed E-state index contributed by atoms with van der Waals surface area (Å²) in [7, 11) is 0. The van der Waals surface area contributed by atoms with Crippen LogP contribution in [0.25, 0.3) is 23.4 Å². The normalized spacial score (nSPS) is 15.1. The number of rotatable bonds is 5. The van der Waals surface area contributed by atoms with E-state index < -0.39 is 0 Å². The molecule has 1 fully saturated rings. The zero-order valence-corrected chi connectivity index (χ0v) is 15.9. The second kappa shape index (κ2) is 8.40. The number of benzene rings is 1. The average Bonchev–Trinajstić information content (AvgIpc) is 3.35. The van der Waals surface area contributed by atoms with Crippen LogP contribution in [0.1, 0.15) is 40.3 Å². The molecule has 1 saturated heterocycles. The van der Waals surface area contributed by atoms with E-state index in [1.54, 1.807) is 31.2 Å².